The summed E-state index contributed by atoms with van der Waals surface area (Å²) in [5.41, 5.74) is 26.2. The van der Waals surface area contributed by atoms with Crippen molar-refractivity contribution in [2.45, 2.75) is 31.5 Å². The van der Waals surface area contributed by atoms with Crippen molar-refractivity contribution in [2.75, 3.05) is 84.3 Å². The van der Waals surface area contributed by atoms with Gasteiger partial charge in [0.05, 0.1) is 11.1 Å². The van der Waals surface area contributed by atoms with Crippen LogP contribution in [0.2, 0.25) is 0 Å². The quantitative estimate of drug-likeness (QED) is 0.268. The van der Waals surface area contributed by atoms with Crippen molar-refractivity contribution >= 4 is 5.69 Å². The number of nitrogens with zero attached hydrogens (tertiary/aromatic N) is 2. The second-order valence-electron chi connectivity index (χ2n) is 9.05. The smallest absolute Gasteiger partial charge is 0.0561 e. The highest BCUT2D eigenvalue weighted by atomic mass is 15.3. The molecule has 1 aromatic rings. The van der Waals surface area contributed by atoms with Crippen LogP contribution in [0.4, 0.5) is 5.69 Å². The summed E-state index contributed by atoms with van der Waals surface area (Å²) >= 11 is 0. The Morgan fingerprint density at radius 1 is 0.875 bits per heavy atom. The fourth-order valence-electron chi connectivity index (χ4n) is 4.32. The maximum atomic E-state index is 6.56. The molecule has 9 nitrogen and oxygen atoms in total. The first-order valence-corrected chi connectivity index (χ1v) is 12.1. The van der Waals surface area contributed by atoms with Crippen molar-refractivity contribution in [2.24, 2.45) is 17.2 Å². The van der Waals surface area contributed by atoms with Gasteiger partial charge < -0.3 is 38.9 Å². The fraction of sp³-hybridized carbons (Fsp3) is 0.739. The van der Waals surface area contributed by atoms with E-state index in [4.69, 9.17) is 22.9 Å². The predicted molar refractivity (Wildman–Crippen MR) is 135 cm³/mol. The Morgan fingerprint density at radius 3 is 2.00 bits per heavy atom. The van der Waals surface area contributed by atoms with Gasteiger partial charge in [0.25, 0.3) is 0 Å². The summed E-state index contributed by atoms with van der Waals surface area (Å²) in [6, 6.07) is 8.04. The second-order valence-corrected chi connectivity index (χ2v) is 9.05. The van der Waals surface area contributed by atoms with Gasteiger partial charge >= 0.3 is 0 Å². The van der Waals surface area contributed by atoms with Crippen LogP contribution in [-0.2, 0) is 6.54 Å². The molecule has 0 amide bonds. The van der Waals surface area contributed by atoms with Gasteiger partial charge in [0.2, 0.25) is 0 Å². The van der Waals surface area contributed by atoms with E-state index in [1.54, 1.807) is 0 Å². The zero-order valence-corrected chi connectivity index (χ0v) is 20.2. The highest BCUT2D eigenvalue weighted by Crippen LogP contribution is 2.13. The van der Waals surface area contributed by atoms with E-state index >= 15 is 0 Å². The minimum absolute atomic E-state index is 0.192. The minimum Gasteiger partial charge on any atom is -0.399 e. The SMILES string of the molecule is CC.NCC1(N)CNCCNCC(CN)(NCc2ccc(N)cc2)CN2CCN(CC2)C1. The summed E-state index contributed by atoms with van der Waals surface area (Å²) in [7, 11) is 0. The fourth-order valence-corrected chi connectivity index (χ4v) is 4.32. The Hall–Kier alpha value is -1.30. The minimum atomic E-state index is -0.381. The molecule has 0 radical (unpaired) electrons. The zero-order chi connectivity index (χ0) is 23.5. The summed E-state index contributed by atoms with van der Waals surface area (Å²) in [6.45, 7) is 14.8. The van der Waals surface area contributed by atoms with E-state index < -0.39 is 0 Å². The van der Waals surface area contributed by atoms with Crippen LogP contribution in [-0.4, -0.2) is 99.4 Å². The Bertz CT molecular complexity index is 633. The molecule has 3 aliphatic heterocycles. The lowest BCUT2D eigenvalue weighted by Crippen LogP contribution is -2.67. The van der Waals surface area contributed by atoms with Crippen molar-refractivity contribution in [3.8, 4) is 0 Å². The first-order valence-electron chi connectivity index (χ1n) is 12.1. The van der Waals surface area contributed by atoms with Crippen molar-refractivity contribution in [1.82, 2.24) is 25.8 Å². The van der Waals surface area contributed by atoms with Crippen LogP contribution in [0.3, 0.4) is 0 Å². The first-order chi connectivity index (χ1) is 15.5. The van der Waals surface area contributed by atoms with Crippen LogP contribution < -0.4 is 38.9 Å². The third-order valence-corrected chi connectivity index (χ3v) is 6.39. The van der Waals surface area contributed by atoms with Crippen molar-refractivity contribution < 1.29 is 0 Å². The molecule has 3 aliphatic rings. The molecule has 3 saturated heterocycles. The van der Waals surface area contributed by atoms with Gasteiger partial charge in [-0.15, -0.1) is 0 Å². The number of hydrogen-bond acceptors (Lipinski definition) is 9. The maximum absolute atomic E-state index is 6.56. The standard InChI is InChI=1S/C21H41N9.C2H6/c22-12-20(25)14-26-5-6-27-15-21(13-23,17-30-9-7-29(16-20)8-10-30)28-11-18-1-3-19(24)4-2-18;1-2/h1-4,26-28H,5-17,22-25H2;1-2H3. The van der Waals surface area contributed by atoms with E-state index in [2.05, 4.69) is 37.9 Å². The van der Waals surface area contributed by atoms with Crippen LogP contribution in [0.5, 0.6) is 0 Å². The van der Waals surface area contributed by atoms with Gasteiger partial charge in [-0.2, -0.15) is 0 Å². The van der Waals surface area contributed by atoms with E-state index in [9.17, 15) is 0 Å². The number of nitrogens with one attached hydrogen (secondary N) is 3. The number of nitrogen functional groups attached to an aromatic ring is 1. The Kier molecular flexibility index (Phi) is 11.3. The van der Waals surface area contributed by atoms with Crippen LogP contribution in [0.25, 0.3) is 0 Å². The second kappa shape index (κ2) is 13.4. The van der Waals surface area contributed by atoms with Gasteiger partial charge in [0.15, 0.2) is 0 Å². The Morgan fingerprint density at radius 2 is 1.44 bits per heavy atom. The number of fused-ring (bicyclic) bond motifs is 11. The summed E-state index contributed by atoms with van der Waals surface area (Å²) in [5, 5.41) is 10.8. The van der Waals surface area contributed by atoms with Crippen LogP contribution in [0, 0.1) is 0 Å². The monoisotopic (exact) mass is 449 g/mol. The van der Waals surface area contributed by atoms with Gasteiger partial charge in [-0.1, -0.05) is 26.0 Å². The molecule has 3 fully saturated rings. The number of anilines is 1. The predicted octanol–water partition coefficient (Wildman–Crippen LogP) is -1.45. The first kappa shape index (κ1) is 26.9. The van der Waals surface area contributed by atoms with Gasteiger partial charge in [-0.3, -0.25) is 9.80 Å². The summed E-state index contributed by atoms with van der Waals surface area (Å²) in [4.78, 5) is 4.96. The van der Waals surface area contributed by atoms with Crippen molar-refractivity contribution in [3.05, 3.63) is 29.8 Å². The third kappa shape index (κ3) is 8.24. The molecule has 0 aromatic heterocycles. The molecule has 184 valence electrons. The van der Waals surface area contributed by atoms with Gasteiger partial charge in [0, 0.05) is 90.8 Å². The zero-order valence-electron chi connectivity index (χ0n) is 20.2. The molecule has 0 saturated carbocycles. The maximum Gasteiger partial charge on any atom is 0.0561 e. The lowest BCUT2D eigenvalue weighted by atomic mass is 9.96. The van der Waals surface area contributed by atoms with Crippen LogP contribution in [0.15, 0.2) is 24.3 Å². The van der Waals surface area contributed by atoms with E-state index in [1.165, 1.54) is 5.56 Å². The number of benzene rings is 1. The molecule has 1 aromatic carbocycles. The molecule has 32 heavy (non-hydrogen) atoms. The third-order valence-electron chi connectivity index (χ3n) is 6.39. The number of rotatable bonds is 5. The van der Waals surface area contributed by atoms with Crippen LogP contribution in [0.1, 0.15) is 19.4 Å². The van der Waals surface area contributed by atoms with Crippen molar-refractivity contribution in [1.29, 1.82) is 0 Å². The Labute approximate surface area is 194 Å². The molecule has 3 heterocycles. The average molecular weight is 450 g/mol. The molecule has 0 aliphatic carbocycles. The molecule has 11 N–H and O–H groups in total. The largest absolute Gasteiger partial charge is 0.399 e. The number of hydrogen-bond donors (Lipinski definition) is 7. The lowest BCUT2D eigenvalue weighted by Gasteiger charge is -2.44. The number of piperazine rings is 1. The molecule has 2 atom stereocenters. The highest BCUT2D eigenvalue weighted by molar-refractivity contribution is 5.39. The summed E-state index contributed by atoms with van der Waals surface area (Å²) in [6.07, 6.45) is 0. The van der Waals surface area contributed by atoms with Gasteiger partial charge in [-0.05, 0) is 17.7 Å². The van der Waals surface area contributed by atoms with E-state index in [1.807, 2.05) is 26.0 Å². The van der Waals surface area contributed by atoms with Gasteiger partial charge in [0.1, 0.15) is 0 Å². The molecule has 9 heteroatoms. The summed E-state index contributed by atoms with van der Waals surface area (Å²) in [5.74, 6) is 0. The normalized spacial score (nSPS) is 31.9. The van der Waals surface area contributed by atoms with E-state index in [-0.39, 0.29) is 11.1 Å². The average Bonchev–Trinajstić information content (AvgIpc) is 2.83. The van der Waals surface area contributed by atoms with Crippen LogP contribution >= 0.6 is 0 Å². The molecule has 0 spiro atoms. The van der Waals surface area contributed by atoms with E-state index in [0.717, 1.165) is 77.7 Å². The Balaban J connectivity index is 0.00000176. The highest BCUT2D eigenvalue weighted by Gasteiger charge is 2.33. The summed E-state index contributed by atoms with van der Waals surface area (Å²) < 4.78 is 0. The molecule has 4 rings (SSSR count). The van der Waals surface area contributed by atoms with E-state index in [0.29, 0.717) is 13.1 Å². The molecular weight excluding hydrogens is 402 g/mol. The van der Waals surface area contributed by atoms with Gasteiger partial charge in [-0.25, -0.2) is 0 Å². The topological polar surface area (TPSA) is 147 Å². The molecule has 2 unspecified atom stereocenters. The molecule has 2 bridgehead atoms. The van der Waals surface area contributed by atoms with Crippen molar-refractivity contribution in [3.63, 3.8) is 0 Å². The molecular formula is C23H47N9. The number of nitrogens with two attached hydrogens (primary N) is 4. The lowest BCUT2D eigenvalue weighted by molar-refractivity contribution is 0.0850.